The summed E-state index contributed by atoms with van der Waals surface area (Å²) in [4.78, 5) is 24.2. The predicted molar refractivity (Wildman–Crippen MR) is 93.4 cm³/mol. The maximum Gasteiger partial charge on any atom is 0.251 e. The van der Waals surface area contributed by atoms with Crippen LogP contribution in [0.5, 0.6) is 0 Å². The highest BCUT2D eigenvalue weighted by molar-refractivity contribution is 6.07. The molecule has 122 valence electrons. The maximum absolute atomic E-state index is 12.3. The van der Waals surface area contributed by atoms with E-state index in [9.17, 15) is 9.59 Å². The lowest BCUT2D eigenvalue weighted by Crippen LogP contribution is -2.37. The van der Waals surface area contributed by atoms with Crippen LogP contribution in [0.1, 0.15) is 37.0 Å². The van der Waals surface area contributed by atoms with Crippen molar-refractivity contribution in [1.82, 2.24) is 10.6 Å². The Morgan fingerprint density at radius 2 is 1.57 bits per heavy atom. The van der Waals surface area contributed by atoms with E-state index in [2.05, 4.69) is 10.6 Å². The summed E-state index contributed by atoms with van der Waals surface area (Å²) in [6, 6.07) is 13.5. The highest BCUT2D eigenvalue weighted by Gasteiger charge is 2.13. The molecule has 0 fully saturated rings. The second-order valence-electron chi connectivity index (χ2n) is 5.59. The molecule has 0 bridgehead atoms. The summed E-state index contributed by atoms with van der Waals surface area (Å²) in [5.41, 5.74) is 0.661. The number of carbonyl (C=O) groups is 2. The number of hydrogen-bond donors (Lipinski definition) is 2. The smallest absolute Gasteiger partial charge is 0.251 e. The minimum Gasteiger partial charge on any atom is -0.354 e. The number of benzene rings is 2. The topological polar surface area (TPSA) is 58.2 Å². The van der Waals surface area contributed by atoms with Crippen molar-refractivity contribution in [3.05, 3.63) is 48.0 Å². The Labute approximate surface area is 137 Å². The van der Waals surface area contributed by atoms with Gasteiger partial charge in [0.25, 0.3) is 5.91 Å². The summed E-state index contributed by atoms with van der Waals surface area (Å²) in [7, 11) is 0. The monoisotopic (exact) mass is 312 g/mol. The van der Waals surface area contributed by atoms with E-state index in [-0.39, 0.29) is 17.7 Å². The summed E-state index contributed by atoms with van der Waals surface area (Å²) in [5, 5.41) is 7.72. The zero-order valence-electron chi connectivity index (χ0n) is 13.8. The first-order chi connectivity index (χ1) is 11.2. The fourth-order valence-corrected chi connectivity index (χ4v) is 2.68. The zero-order chi connectivity index (χ0) is 16.7. The van der Waals surface area contributed by atoms with Crippen LogP contribution >= 0.6 is 0 Å². The van der Waals surface area contributed by atoms with Gasteiger partial charge >= 0.3 is 0 Å². The second-order valence-corrected chi connectivity index (χ2v) is 5.59. The first kappa shape index (κ1) is 17.0. The number of rotatable bonds is 7. The molecule has 2 rings (SSSR count). The van der Waals surface area contributed by atoms with Gasteiger partial charge in [0.2, 0.25) is 5.91 Å². The van der Waals surface area contributed by atoms with Crippen molar-refractivity contribution >= 4 is 22.6 Å². The maximum atomic E-state index is 12.3. The molecule has 0 heterocycles. The van der Waals surface area contributed by atoms with E-state index in [0.717, 1.165) is 23.6 Å². The van der Waals surface area contributed by atoms with Crippen LogP contribution in [0.15, 0.2) is 42.5 Å². The van der Waals surface area contributed by atoms with Gasteiger partial charge < -0.3 is 10.6 Å². The molecular formula is C19H24N2O2. The Kier molecular flexibility index (Phi) is 6.15. The molecule has 0 saturated heterocycles. The third kappa shape index (κ3) is 4.31. The van der Waals surface area contributed by atoms with Crippen LogP contribution in [0.25, 0.3) is 10.8 Å². The minimum atomic E-state index is -0.112. The molecule has 0 spiro atoms. The van der Waals surface area contributed by atoms with E-state index in [4.69, 9.17) is 0 Å². The molecule has 2 amide bonds. The molecule has 2 aromatic rings. The van der Waals surface area contributed by atoms with Gasteiger partial charge in [0.05, 0.1) is 0 Å². The molecule has 0 aliphatic carbocycles. The first-order valence-electron chi connectivity index (χ1n) is 8.21. The number of carbonyl (C=O) groups excluding carboxylic acids is 2. The minimum absolute atomic E-state index is 0.0590. The number of amides is 2. The summed E-state index contributed by atoms with van der Waals surface area (Å²) in [6.45, 7) is 4.89. The molecule has 2 aromatic carbocycles. The molecule has 0 aromatic heterocycles. The van der Waals surface area contributed by atoms with Gasteiger partial charge in [-0.3, -0.25) is 9.59 Å². The zero-order valence-corrected chi connectivity index (χ0v) is 13.8. The second kappa shape index (κ2) is 8.32. The number of nitrogens with one attached hydrogen (secondary N) is 2. The van der Waals surface area contributed by atoms with Gasteiger partial charge in [0.15, 0.2) is 0 Å². The molecule has 0 radical (unpaired) electrons. The van der Waals surface area contributed by atoms with E-state index in [1.165, 1.54) is 0 Å². The average molecular weight is 312 g/mol. The van der Waals surface area contributed by atoms with Crippen LogP contribution in [0.4, 0.5) is 0 Å². The lowest BCUT2D eigenvalue weighted by atomic mass is 10.0. The molecule has 0 saturated carbocycles. The molecule has 0 atom stereocenters. The molecular weight excluding hydrogens is 288 g/mol. The van der Waals surface area contributed by atoms with E-state index in [1.54, 1.807) is 0 Å². The van der Waals surface area contributed by atoms with Crippen LogP contribution in [0.3, 0.4) is 0 Å². The van der Waals surface area contributed by atoms with Crippen molar-refractivity contribution in [3.8, 4) is 0 Å². The third-order valence-electron chi connectivity index (χ3n) is 4.10. The summed E-state index contributed by atoms with van der Waals surface area (Å²) >= 11 is 0. The summed E-state index contributed by atoms with van der Waals surface area (Å²) < 4.78 is 0. The lowest BCUT2D eigenvalue weighted by molar-refractivity contribution is -0.125. The molecule has 23 heavy (non-hydrogen) atoms. The van der Waals surface area contributed by atoms with Gasteiger partial charge in [-0.2, -0.15) is 0 Å². The van der Waals surface area contributed by atoms with Gasteiger partial charge in [-0.1, -0.05) is 50.2 Å². The van der Waals surface area contributed by atoms with Crippen molar-refractivity contribution in [3.63, 3.8) is 0 Å². The lowest BCUT2D eigenvalue weighted by Gasteiger charge is -2.13. The van der Waals surface area contributed by atoms with Gasteiger partial charge in [-0.25, -0.2) is 0 Å². The molecule has 4 heteroatoms. The molecule has 0 aliphatic heterocycles. The van der Waals surface area contributed by atoms with Gasteiger partial charge in [-0.05, 0) is 29.7 Å². The van der Waals surface area contributed by atoms with Crippen molar-refractivity contribution in [2.45, 2.75) is 26.7 Å². The van der Waals surface area contributed by atoms with E-state index >= 15 is 0 Å². The standard InChI is InChI=1S/C19H24N2O2/c1-3-14(4-2)18(22)20-12-13-21-19(23)17-11-7-9-15-8-5-6-10-16(15)17/h5-11,14H,3-4,12-13H2,1-2H3,(H,20,22)(H,21,23). The van der Waals surface area contributed by atoms with Crippen LogP contribution in [0.2, 0.25) is 0 Å². The normalized spacial score (nSPS) is 10.7. The van der Waals surface area contributed by atoms with Gasteiger partial charge in [0.1, 0.15) is 0 Å². The van der Waals surface area contributed by atoms with E-state index in [1.807, 2.05) is 56.3 Å². The Hall–Kier alpha value is -2.36. The fraction of sp³-hybridized carbons (Fsp3) is 0.368. The number of fused-ring (bicyclic) bond motifs is 1. The van der Waals surface area contributed by atoms with Crippen molar-refractivity contribution < 1.29 is 9.59 Å². The first-order valence-corrected chi connectivity index (χ1v) is 8.21. The number of hydrogen-bond acceptors (Lipinski definition) is 2. The predicted octanol–water partition coefficient (Wildman–Crippen LogP) is 3.12. The Morgan fingerprint density at radius 1 is 0.913 bits per heavy atom. The SMILES string of the molecule is CCC(CC)C(=O)NCCNC(=O)c1cccc2ccccc12. The third-order valence-corrected chi connectivity index (χ3v) is 4.10. The average Bonchev–Trinajstić information content (AvgIpc) is 2.59. The van der Waals surface area contributed by atoms with Crippen molar-refractivity contribution in [1.29, 1.82) is 0 Å². The van der Waals surface area contributed by atoms with Crippen LogP contribution in [-0.2, 0) is 4.79 Å². The highest BCUT2D eigenvalue weighted by Crippen LogP contribution is 2.18. The Bertz CT molecular complexity index is 673. The quantitative estimate of drug-likeness (QED) is 0.772. The van der Waals surface area contributed by atoms with Crippen LogP contribution < -0.4 is 10.6 Å². The van der Waals surface area contributed by atoms with Gasteiger partial charge in [0, 0.05) is 24.6 Å². The van der Waals surface area contributed by atoms with Crippen LogP contribution in [-0.4, -0.2) is 24.9 Å². The summed E-state index contributed by atoms with van der Waals surface area (Å²) in [6.07, 6.45) is 1.68. The fourth-order valence-electron chi connectivity index (χ4n) is 2.68. The van der Waals surface area contributed by atoms with Crippen molar-refractivity contribution in [2.75, 3.05) is 13.1 Å². The van der Waals surface area contributed by atoms with E-state index in [0.29, 0.717) is 18.7 Å². The molecule has 0 aliphatic rings. The Balaban J connectivity index is 1.89. The van der Waals surface area contributed by atoms with Crippen LogP contribution in [0, 0.1) is 5.92 Å². The molecule has 0 unspecified atom stereocenters. The van der Waals surface area contributed by atoms with E-state index < -0.39 is 0 Å². The largest absolute Gasteiger partial charge is 0.354 e. The van der Waals surface area contributed by atoms with Crippen molar-refractivity contribution in [2.24, 2.45) is 5.92 Å². The highest BCUT2D eigenvalue weighted by atomic mass is 16.2. The summed E-state index contributed by atoms with van der Waals surface area (Å²) in [5.74, 6) is 0.0109. The molecule has 2 N–H and O–H groups in total. The Morgan fingerprint density at radius 3 is 2.30 bits per heavy atom. The molecule has 4 nitrogen and oxygen atoms in total. The van der Waals surface area contributed by atoms with Gasteiger partial charge in [-0.15, -0.1) is 0 Å².